The summed E-state index contributed by atoms with van der Waals surface area (Å²) < 4.78 is 5.81. The Morgan fingerprint density at radius 3 is 2.47 bits per heavy atom. The Hall–Kier alpha value is -3.39. The molecule has 3 rings (SSSR count). The molecule has 0 aliphatic carbocycles. The summed E-state index contributed by atoms with van der Waals surface area (Å²) in [6, 6.07) is 14.2. The van der Waals surface area contributed by atoms with E-state index in [-0.39, 0.29) is 18.4 Å². The van der Waals surface area contributed by atoms with Crippen LogP contribution in [0.3, 0.4) is 0 Å². The fraction of sp³-hybridized carbons (Fsp3) is 0.423. The van der Waals surface area contributed by atoms with Crippen molar-refractivity contribution in [3.63, 3.8) is 0 Å². The standard InChI is InChI=1S/C26H34N4O4/c1-3-29(4-2)24(31)18-28-13-8-14-30(16-15-28)26(33)21-10-7-9-20(17-21)19-34-23-12-6-5-11-22(23)25(27)32/h5-7,9-12,17H,3-4,8,13-16,18-19H2,1-2H3,(H2,27,32). The molecule has 2 aromatic rings. The molecule has 0 aromatic heterocycles. The van der Waals surface area contributed by atoms with Crippen molar-refractivity contribution in [3.05, 3.63) is 65.2 Å². The minimum absolute atomic E-state index is 0.0312. The molecule has 1 saturated heterocycles. The fourth-order valence-electron chi connectivity index (χ4n) is 4.13. The molecule has 0 radical (unpaired) electrons. The zero-order valence-corrected chi connectivity index (χ0v) is 20.0. The minimum Gasteiger partial charge on any atom is -0.488 e. The second-order valence-corrected chi connectivity index (χ2v) is 8.34. The SMILES string of the molecule is CCN(CC)C(=O)CN1CCCN(C(=O)c2cccc(COc3ccccc3C(N)=O)c2)CC1. The highest BCUT2D eigenvalue weighted by atomic mass is 16.5. The average molecular weight is 467 g/mol. The van der Waals surface area contributed by atoms with Crippen LogP contribution < -0.4 is 10.5 Å². The first-order valence-corrected chi connectivity index (χ1v) is 11.8. The summed E-state index contributed by atoms with van der Waals surface area (Å²) in [5.41, 5.74) is 7.16. The molecule has 1 fully saturated rings. The van der Waals surface area contributed by atoms with E-state index in [0.717, 1.165) is 18.5 Å². The Balaban J connectivity index is 1.59. The summed E-state index contributed by atoms with van der Waals surface area (Å²) in [6.45, 7) is 8.70. The number of benzene rings is 2. The van der Waals surface area contributed by atoms with Gasteiger partial charge in [0.05, 0.1) is 12.1 Å². The maximum absolute atomic E-state index is 13.2. The van der Waals surface area contributed by atoms with Gasteiger partial charge in [-0.15, -0.1) is 0 Å². The van der Waals surface area contributed by atoms with Gasteiger partial charge in [0, 0.05) is 44.8 Å². The van der Waals surface area contributed by atoms with Crippen LogP contribution >= 0.6 is 0 Å². The lowest BCUT2D eigenvalue weighted by molar-refractivity contribution is -0.132. The lowest BCUT2D eigenvalue weighted by Crippen LogP contribution is -2.42. The third kappa shape index (κ3) is 6.57. The molecule has 0 bridgehead atoms. The molecule has 1 aliphatic heterocycles. The molecule has 1 aliphatic rings. The van der Waals surface area contributed by atoms with Gasteiger partial charge in [0.2, 0.25) is 5.91 Å². The van der Waals surface area contributed by atoms with Gasteiger partial charge in [-0.25, -0.2) is 0 Å². The number of carbonyl (C=O) groups is 3. The van der Waals surface area contributed by atoms with E-state index in [2.05, 4.69) is 4.90 Å². The average Bonchev–Trinajstić information content (AvgIpc) is 3.09. The summed E-state index contributed by atoms with van der Waals surface area (Å²) >= 11 is 0. The number of nitrogens with two attached hydrogens (primary N) is 1. The monoisotopic (exact) mass is 466 g/mol. The Labute approximate surface area is 201 Å². The first kappa shape index (κ1) is 25.2. The number of rotatable bonds is 9. The summed E-state index contributed by atoms with van der Waals surface area (Å²) in [6.07, 6.45) is 0.823. The fourth-order valence-corrected chi connectivity index (χ4v) is 4.13. The molecular weight excluding hydrogens is 432 g/mol. The van der Waals surface area contributed by atoms with E-state index in [4.69, 9.17) is 10.5 Å². The van der Waals surface area contributed by atoms with E-state index < -0.39 is 5.91 Å². The highest BCUT2D eigenvalue weighted by Crippen LogP contribution is 2.19. The van der Waals surface area contributed by atoms with Crippen molar-refractivity contribution in [1.82, 2.24) is 14.7 Å². The highest BCUT2D eigenvalue weighted by Gasteiger charge is 2.22. The van der Waals surface area contributed by atoms with Crippen molar-refractivity contribution in [2.24, 2.45) is 5.73 Å². The predicted molar refractivity (Wildman–Crippen MR) is 131 cm³/mol. The summed E-state index contributed by atoms with van der Waals surface area (Å²) in [7, 11) is 0. The maximum atomic E-state index is 13.2. The van der Waals surface area contributed by atoms with Crippen molar-refractivity contribution in [2.45, 2.75) is 26.9 Å². The van der Waals surface area contributed by atoms with Crippen molar-refractivity contribution in [2.75, 3.05) is 45.8 Å². The van der Waals surface area contributed by atoms with E-state index in [1.807, 2.05) is 41.8 Å². The van der Waals surface area contributed by atoms with Crippen LogP contribution in [0.15, 0.2) is 48.5 Å². The molecule has 182 valence electrons. The quantitative estimate of drug-likeness (QED) is 0.612. The van der Waals surface area contributed by atoms with Gasteiger partial charge in [0.1, 0.15) is 12.4 Å². The molecule has 0 saturated carbocycles. The van der Waals surface area contributed by atoms with E-state index in [1.54, 1.807) is 30.3 Å². The van der Waals surface area contributed by atoms with Crippen LogP contribution in [0, 0.1) is 0 Å². The Bertz CT molecular complexity index is 1010. The largest absolute Gasteiger partial charge is 0.488 e. The number of likely N-dealkylation sites (N-methyl/N-ethyl adjacent to an activating group) is 1. The van der Waals surface area contributed by atoms with Crippen LogP contribution in [-0.2, 0) is 11.4 Å². The smallest absolute Gasteiger partial charge is 0.253 e. The molecule has 0 spiro atoms. The number of primary amides is 1. The Morgan fingerprint density at radius 2 is 1.74 bits per heavy atom. The lowest BCUT2D eigenvalue weighted by Gasteiger charge is -2.25. The number of carbonyl (C=O) groups excluding carboxylic acids is 3. The summed E-state index contributed by atoms with van der Waals surface area (Å²) in [4.78, 5) is 43.0. The van der Waals surface area contributed by atoms with Gasteiger partial charge >= 0.3 is 0 Å². The molecule has 3 amide bonds. The number of hydrogen-bond acceptors (Lipinski definition) is 5. The van der Waals surface area contributed by atoms with Crippen molar-refractivity contribution in [1.29, 1.82) is 0 Å². The van der Waals surface area contributed by atoms with Crippen LogP contribution in [0.5, 0.6) is 5.75 Å². The first-order chi connectivity index (χ1) is 16.4. The predicted octanol–water partition coefficient (Wildman–Crippen LogP) is 2.38. The molecule has 34 heavy (non-hydrogen) atoms. The summed E-state index contributed by atoms with van der Waals surface area (Å²) in [5.74, 6) is -0.0289. The van der Waals surface area contributed by atoms with Gasteiger partial charge in [0.15, 0.2) is 0 Å². The van der Waals surface area contributed by atoms with Gasteiger partial charge in [0.25, 0.3) is 11.8 Å². The lowest BCUT2D eigenvalue weighted by atomic mass is 10.1. The van der Waals surface area contributed by atoms with Crippen LogP contribution in [0.4, 0.5) is 0 Å². The number of para-hydroxylation sites is 1. The maximum Gasteiger partial charge on any atom is 0.253 e. The molecule has 0 unspecified atom stereocenters. The van der Waals surface area contributed by atoms with Crippen LogP contribution in [0.1, 0.15) is 46.5 Å². The molecule has 0 atom stereocenters. The zero-order valence-electron chi connectivity index (χ0n) is 20.0. The second kappa shape index (κ2) is 12.2. The van der Waals surface area contributed by atoms with Crippen molar-refractivity contribution < 1.29 is 19.1 Å². The normalized spacial score (nSPS) is 14.4. The number of hydrogen-bond donors (Lipinski definition) is 1. The van der Waals surface area contributed by atoms with E-state index in [1.165, 1.54) is 0 Å². The molecule has 8 nitrogen and oxygen atoms in total. The first-order valence-electron chi connectivity index (χ1n) is 11.8. The van der Waals surface area contributed by atoms with Crippen LogP contribution in [0.25, 0.3) is 0 Å². The Kier molecular flexibility index (Phi) is 9.04. The number of amides is 3. The van der Waals surface area contributed by atoms with Gasteiger partial charge in [-0.05, 0) is 50.1 Å². The molecule has 1 heterocycles. The molecular formula is C26H34N4O4. The minimum atomic E-state index is -0.548. The van der Waals surface area contributed by atoms with Gasteiger partial charge < -0.3 is 20.3 Å². The molecule has 2 aromatic carbocycles. The highest BCUT2D eigenvalue weighted by molar-refractivity contribution is 5.95. The number of nitrogens with zero attached hydrogens (tertiary/aromatic N) is 3. The van der Waals surface area contributed by atoms with Gasteiger partial charge in [-0.3, -0.25) is 19.3 Å². The van der Waals surface area contributed by atoms with Crippen LogP contribution in [-0.4, -0.2) is 78.2 Å². The zero-order chi connectivity index (χ0) is 24.5. The van der Waals surface area contributed by atoms with Crippen molar-refractivity contribution in [3.8, 4) is 5.75 Å². The topological polar surface area (TPSA) is 96.2 Å². The van der Waals surface area contributed by atoms with E-state index >= 15 is 0 Å². The molecule has 8 heteroatoms. The number of ether oxygens (including phenoxy) is 1. The third-order valence-corrected chi connectivity index (χ3v) is 6.07. The van der Waals surface area contributed by atoms with Crippen LogP contribution in [0.2, 0.25) is 0 Å². The third-order valence-electron chi connectivity index (χ3n) is 6.07. The van der Waals surface area contributed by atoms with Crippen molar-refractivity contribution >= 4 is 17.7 Å². The van der Waals surface area contributed by atoms with Gasteiger partial charge in [-0.2, -0.15) is 0 Å². The molecule has 2 N–H and O–H groups in total. The van der Waals surface area contributed by atoms with E-state index in [0.29, 0.717) is 56.1 Å². The Morgan fingerprint density at radius 1 is 0.971 bits per heavy atom. The van der Waals surface area contributed by atoms with Gasteiger partial charge in [-0.1, -0.05) is 24.3 Å². The summed E-state index contributed by atoms with van der Waals surface area (Å²) in [5, 5.41) is 0. The van der Waals surface area contributed by atoms with E-state index in [9.17, 15) is 14.4 Å². The second-order valence-electron chi connectivity index (χ2n) is 8.34.